The van der Waals surface area contributed by atoms with Crippen LogP contribution in [-0.2, 0) is 6.54 Å². The van der Waals surface area contributed by atoms with Gasteiger partial charge >= 0.3 is 0 Å². The Morgan fingerprint density at radius 2 is 1.94 bits per heavy atom. The Morgan fingerprint density at radius 1 is 1.16 bits per heavy atom. The number of hydrogen-bond donors (Lipinski definition) is 2. The molecule has 0 aliphatic rings. The largest absolute Gasteiger partial charge is 0.368 e. The summed E-state index contributed by atoms with van der Waals surface area (Å²) < 4.78 is 0. The van der Waals surface area contributed by atoms with Gasteiger partial charge in [0.15, 0.2) is 5.78 Å². The number of hydrazone groups is 1. The number of benzene rings is 1. The molecule has 31 heavy (non-hydrogen) atoms. The Bertz CT molecular complexity index is 1240. The fraction of sp³-hybridized carbons (Fsp3) is 0.136. The highest BCUT2D eigenvalue weighted by Crippen LogP contribution is 2.25. The van der Waals surface area contributed by atoms with Gasteiger partial charge in [0.2, 0.25) is 5.95 Å². The van der Waals surface area contributed by atoms with Crippen molar-refractivity contribution in [3.05, 3.63) is 70.7 Å². The molecule has 0 saturated carbocycles. The van der Waals surface area contributed by atoms with Crippen molar-refractivity contribution >= 4 is 23.7 Å². The second kappa shape index (κ2) is 9.37. The normalized spacial score (nSPS) is 11.5. The summed E-state index contributed by atoms with van der Waals surface area (Å²) in [5.41, 5.74) is 10.2. The van der Waals surface area contributed by atoms with E-state index in [1.165, 1.54) is 13.1 Å². The third-order valence-electron chi connectivity index (χ3n) is 4.51. The van der Waals surface area contributed by atoms with Crippen LogP contribution in [0.3, 0.4) is 0 Å². The number of pyridine rings is 1. The highest BCUT2D eigenvalue weighted by atomic mass is 16.1. The van der Waals surface area contributed by atoms with Crippen LogP contribution < -0.4 is 11.6 Å². The third kappa shape index (κ3) is 4.94. The van der Waals surface area contributed by atoms with Crippen LogP contribution in [0.4, 0.5) is 5.95 Å². The van der Waals surface area contributed by atoms with Gasteiger partial charge in [0, 0.05) is 12.5 Å². The molecule has 9 nitrogen and oxygen atoms in total. The van der Waals surface area contributed by atoms with E-state index >= 15 is 0 Å². The van der Waals surface area contributed by atoms with Crippen molar-refractivity contribution in [1.82, 2.24) is 15.0 Å². The number of aliphatic imine (C=N–C) groups is 1. The molecule has 0 fully saturated rings. The summed E-state index contributed by atoms with van der Waals surface area (Å²) in [5, 5.41) is 13.0. The number of Topliss-reactive ketones (excluding diaryl/α,β-unsaturated/α-hetero) is 1. The molecule has 0 spiro atoms. The maximum Gasteiger partial charge on any atom is 0.221 e. The zero-order chi connectivity index (χ0) is 22.4. The van der Waals surface area contributed by atoms with Crippen molar-refractivity contribution in [2.24, 2.45) is 15.9 Å². The molecular formula is C22H20N8O. The van der Waals surface area contributed by atoms with Gasteiger partial charge < -0.3 is 11.6 Å². The summed E-state index contributed by atoms with van der Waals surface area (Å²) in [7, 11) is 0. The van der Waals surface area contributed by atoms with Gasteiger partial charge in [-0.2, -0.15) is 10.4 Å². The third-order valence-corrected chi connectivity index (χ3v) is 4.51. The molecule has 0 saturated heterocycles. The fourth-order valence-corrected chi connectivity index (χ4v) is 2.92. The highest BCUT2D eigenvalue weighted by molar-refractivity contribution is 6.37. The highest BCUT2D eigenvalue weighted by Gasteiger charge is 2.12. The predicted octanol–water partition coefficient (Wildman–Crippen LogP) is 2.44. The Morgan fingerprint density at radius 3 is 2.65 bits per heavy atom. The molecule has 154 valence electrons. The van der Waals surface area contributed by atoms with E-state index in [2.05, 4.69) is 31.1 Å². The molecule has 9 heteroatoms. The molecule has 0 radical (unpaired) electrons. The lowest BCUT2D eigenvalue weighted by atomic mass is 10.00. The molecule has 0 aliphatic heterocycles. The molecule has 2 aromatic heterocycles. The number of ketones is 1. The van der Waals surface area contributed by atoms with Crippen molar-refractivity contribution < 1.29 is 4.79 Å². The number of nitrogen functional groups attached to an aromatic ring is 1. The zero-order valence-electron chi connectivity index (χ0n) is 17.1. The van der Waals surface area contributed by atoms with E-state index in [-0.39, 0.29) is 18.3 Å². The Kier molecular flexibility index (Phi) is 6.42. The van der Waals surface area contributed by atoms with Crippen LogP contribution in [0.2, 0.25) is 0 Å². The quantitative estimate of drug-likeness (QED) is 0.272. The first-order valence-electron chi connectivity index (χ1n) is 9.32. The van der Waals surface area contributed by atoms with Crippen molar-refractivity contribution in [3.63, 3.8) is 0 Å². The van der Waals surface area contributed by atoms with E-state index in [1.54, 1.807) is 36.4 Å². The number of nitrogens with zero attached hydrogens (tertiary/aromatic N) is 6. The zero-order valence-corrected chi connectivity index (χ0v) is 17.1. The lowest BCUT2D eigenvalue weighted by Crippen LogP contribution is -2.12. The number of anilines is 1. The smallest absolute Gasteiger partial charge is 0.221 e. The van der Waals surface area contributed by atoms with E-state index in [4.69, 9.17) is 11.6 Å². The number of aromatic nitrogens is 3. The summed E-state index contributed by atoms with van der Waals surface area (Å²) in [6.07, 6.45) is 1.46. The standard InChI is InChI=1S/C22H20N8O/c1-13-15(10-23)5-3-7-17(13)19-9-20(29-22(24)28-19)21(30-25)12-26-11-16-6-4-8-18(27-16)14(2)31/h3-9,12H,11,25H2,1-2H3,(H2,24,28,29)/b26-12?,30-21+. The lowest BCUT2D eigenvalue weighted by molar-refractivity contribution is 0.101. The molecule has 0 atom stereocenters. The second-order valence-corrected chi connectivity index (χ2v) is 6.64. The molecule has 0 aliphatic carbocycles. The number of hydrogen-bond acceptors (Lipinski definition) is 9. The average Bonchev–Trinajstić information content (AvgIpc) is 2.76. The van der Waals surface area contributed by atoms with Crippen LogP contribution in [0.15, 0.2) is 52.6 Å². The SMILES string of the molecule is CC(=O)c1cccc(CN=C/C(=N\N)c2cc(-c3cccc(C#N)c3C)nc(N)n2)n1. The molecule has 1 aromatic carbocycles. The minimum absolute atomic E-state index is 0.0413. The topological polar surface area (TPSA) is 156 Å². The van der Waals surface area contributed by atoms with Gasteiger partial charge in [-0.1, -0.05) is 18.2 Å². The molecular weight excluding hydrogens is 392 g/mol. The van der Waals surface area contributed by atoms with Crippen molar-refractivity contribution in [2.45, 2.75) is 20.4 Å². The summed E-state index contributed by atoms with van der Waals surface area (Å²) in [6.45, 7) is 3.53. The molecule has 0 unspecified atom stereocenters. The molecule has 2 heterocycles. The van der Waals surface area contributed by atoms with Gasteiger partial charge in [0.05, 0.1) is 41.5 Å². The number of nitriles is 1. The van der Waals surface area contributed by atoms with E-state index in [9.17, 15) is 10.1 Å². The Balaban J connectivity index is 1.89. The number of nitrogens with two attached hydrogens (primary N) is 2. The maximum absolute atomic E-state index is 11.5. The molecule has 4 N–H and O–H groups in total. The number of rotatable bonds is 6. The van der Waals surface area contributed by atoms with Crippen LogP contribution in [0.1, 0.15) is 39.9 Å². The minimum atomic E-state index is -0.116. The summed E-state index contributed by atoms with van der Waals surface area (Å²) in [5.74, 6) is 5.48. The summed E-state index contributed by atoms with van der Waals surface area (Å²) >= 11 is 0. The predicted molar refractivity (Wildman–Crippen MR) is 118 cm³/mol. The first kappa shape index (κ1) is 21.3. The maximum atomic E-state index is 11.5. The van der Waals surface area contributed by atoms with Crippen LogP contribution in [-0.4, -0.2) is 32.7 Å². The number of carbonyl (C=O) groups is 1. The van der Waals surface area contributed by atoms with Gasteiger partial charge in [0.1, 0.15) is 11.4 Å². The number of carbonyl (C=O) groups excluding carboxylic acids is 1. The van der Waals surface area contributed by atoms with E-state index < -0.39 is 0 Å². The molecule has 3 aromatic rings. The van der Waals surface area contributed by atoms with Gasteiger partial charge in [-0.05, 0) is 36.8 Å². The van der Waals surface area contributed by atoms with Crippen molar-refractivity contribution in [2.75, 3.05) is 5.73 Å². The first-order valence-corrected chi connectivity index (χ1v) is 9.32. The van der Waals surface area contributed by atoms with Crippen LogP contribution >= 0.6 is 0 Å². The molecule has 3 rings (SSSR count). The van der Waals surface area contributed by atoms with E-state index in [0.717, 1.165) is 11.1 Å². The van der Waals surface area contributed by atoms with Gasteiger partial charge in [0.25, 0.3) is 0 Å². The van der Waals surface area contributed by atoms with Crippen molar-refractivity contribution in [1.29, 1.82) is 5.26 Å². The minimum Gasteiger partial charge on any atom is -0.368 e. The average molecular weight is 412 g/mol. The molecule has 0 bridgehead atoms. The van der Waals surface area contributed by atoms with Crippen LogP contribution in [0.5, 0.6) is 0 Å². The van der Waals surface area contributed by atoms with E-state index in [0.29, 0.717) is 34.1 Å². The second-order valence-electron chi connectivity index (χ2n) is 6.64. The van der Waals surface area contributed by atoms with Crippen LogP contribution in [0.25, 0.3) is 11.3 Å². The van der Waals surface area contributed by atoms with Gasteiger partial charge in [-0.3, -0.25) is 9.79 Å². The lowest BCUT2D eigenvalue weighted by Gasteiger charge is -2.09. The van der Waals surface area contributed by atoms with Gasteiger partial charge in [-0.15, -0.1) is 0 Å². The Hall–Kier alpha value is -4.45. The van der Waals surface area contributed by atoms with Crippen LogP contribution in [0, 0.1) is 18.3 Å². The molecule has 0 amide bonds. The van der Waals surface area contributed by atoms with Gasteiger partial charge in [-0.25, -0.2) is 15.0 Å². The fourth-order valence-electron chi connectivity index (χ4n) is 2.92. The van der Waals surface area contributed by atoms with E-state index in [1.807, 2.05) is 13.0 Å². The Labute approximate surface area is 179 Å². The monoisotopic (exact) mass is 412 g/mol. The van der Waals surface area contributed by atoms with Crippen molar-refractivity contribution in [3.8, 4) is 17.3 Å². The first-order chi connectivity index (χ1) is 14.9. The summed E-state index contributed by atoms with van der Waals surface area (Å²) in [4.78, 5) is 28.5. The summed E-state index contributed by atoms with van der Waals surface area (Å²) in [6, 6.07) is 14.4.